The van der Waals surface area contributed by atoms with Gasteiger partial charge < -0.3 is 9.47 Å². The number of carbonyl (C=O) groups is 1. The van der Waals surface area contributed by atoms with E-state index in [1.165, 1.54) is 25.3 Å². The number of rotatable bonds is 5. The largest absolute Gasteiger partial charge is 0.496 e. The first-order valence-electron chi connectivity index (χ1n) is 8.51. The Kier molecular flexibility index (Phi) is 6.61. The van der Waals surface area contributed by atoms with E-state index >= 15 is 0 Å². The molecule has 28 heavy (non-hydrogen) atoms. The molecule has 2 aromatic carbocycles. The molecule has 0 atom stereocenters. The van der Waals surface area contributed by atoms with E-state index in [4.69, 9.17) is 9.47 Å². The molecule has 6 nitrogen and oxygen atoms in total. The van der Waals surface area contributed by atoms with Crippen LogP contribution in [0.5, 0.6) is 5.75 Å². The van der Waals surface area contributed by atoms with Gasteiger partial charge in [-0.1, -0.05) is 48.9 Å². The molecular weight excluding hydrogens is 426 g/mol. The number of ether oxygens (including phenoxy) is 2. The average Bonchev–Trinajstić information content (AvgIpc) is 2.64. The van der Waals surface area contributed by atoms with Gasteiger partial charge in [-0.25, -0.2) is 4.79 Å². The number of hydrogen-bond donors (Lipinski definition) is 0. The lowest BCUT2D eigenvalue weighted by Gasteiger charge is -2.24. The fourth-order valence-corrected chi connectivity index (χ4v) is 3.27. The van der Waals surface area contributed by atoms with E-state index in [2.05, 4.69) is 36.7 Å². The lowest BCUT2D eigenvalue weighted by molar-refractivity contribution is -0.384. The van der Waals surface area contributed by atoms with Crippen molar-refractivity contribution in [2.24, 2.45) is 0 Å². The first kappa shape index (κ1) is 21.6. The molecule has 0 saturated heterocycles. The standard InChI is InChI=1S/C21H22BrNO5/c1-21(2,3)18-11-15(22)10-14(19(18)27-4)7-6-13-8-9-16(23(25)26)12-17(13)20(24)28-5/h6-12H,1-5H3/b7-6+. The van der Waals surface area contributed by atoms with E-state index in [0.717, 1.165) is 21.3 Å². The van der Waals surface area contributed by atoms with Crippen LogP contribution in [-0.2, 0) is 10.2 Å². The molecule has 0 aliphatic heterocycles. The van der Waals surface area contributed by atoms with E-state index in [9.17, 15) is 14.9 Å². The van der Waals surface area contributed by atoms with E-state index in [0.29, 0.717) is 5.56 Å². The number of esters is 1. The first-order valence-corrected chi connectivity index (χ1v) is 9.30. The Hall–Kier alpha value is -2.67. The van der Waals surface area contributed by atoms with Gasteiger partial charge in [-0.2, -0.15) is 0 Å². The van der Waals surface area contributed by atoms with Crippen LogP contribution in [-0.4, -0.2) is 25.1 Å². The van der Waals surface area contributed by atoms with Crippen LogP contribution in [0.25, 0.3) is 12.2 Å². The second kappa shape index (κ2) is 8.56. The normalized spacial score (nSPS) is 11.5. The van der Waals surface area contributed by atoms with E-state index in [-0.39, 0.29) is 16.7 Å². The van der Waals surface area contributed by atoms with Crippen LogP contribution in [0.2, 0.25) is 0 Å². The van der Waals surface area contributed by atoms with Crippen LogP contribution < -0.4 is 4.74 Å². The Labute approximate surface area is 172 Å². The monoisotopic (exact) mass is 447 g/mol. The minimum Gasteiger partial charge on any atom is -0.496 e. The van der Waals surface area contributed by atoms with Crippen molar-refractivity contribution < 1.29 is 19.2 Å². The molecule has 0 amide bonds. The van der Waals surface area contributed by atoms with Crippen LogP contribution in [0, 0.1) is 10.1 Å². The Bertz CT molecular complexity index is 945. The summed E-state index contributed by atoms with van der Waals surface area (Å²) in [6, 6.07) is 8.01. The second-order valence-electron chi connectivity index (χ2n) is 7.18. The number of nitrogens with zero attached hydrogens (tertiary/aromatic N) is 1. The smallest absolute Gasteiger partial charge is 0.338 e. The number of hydrogen-bond acceptors (Lipinski definition) is 5. The number of methoxy groups -OCH3 is 2. The zero-order valence-corrected chi connectivity index (χ0v) is 18.0. The van der Waals surface area contributed by atoms with Gasteiger partial charge >= 0.3 is 5.97 Å². The van der Waals surface area contributed by atoms with Crippen molar-refractivity contribution in [3.05, 3.63) is 67.2 Å². The van der Waals surface area contributed by atoms with Gasteiger partial charge in [0.1, 0.15) is 5.75 Å². The van der Waals surface area contributed by atoms with Crippen LogP contribution in [0.3, 0.4) is 0 Å². The lowest BCUT2D eigenvalue weighted by Crippen LogP contribution is -2.13. The summed E-state index contributed by atoms with van der Waals surface area (Å²) in [6.07, 6.45) is 3.53. The molecule has 2 aromatic rings. The summed E-state index contributed by atoms with van der Waals surface area (Å²) < 4.78 is 11.3. The first-order chi connectivity index (χ1) is 13.1. The van der Waals surface area contributed by atoms with Gasteiger partial charge in [-0.15, -0.1) is 0 Å². The highest BCUT2D eigenvalue weighted by molar-refractivity contribution is 9.10. The molecule has 0 aliphatic rings. The molecule has 7 heteroatoms. The number of nitro benzene ring substituents is 1. The molecule has 0 N–H and O–H groups in total. The third-order valence-corrected chi connectivity index (χ3v) is 4.65. The molecule has 148 valence electrons. The number of benzene rings is 2. The predicted octanol–water partition coefficient (Wildman–Crippen LogP) is 5.62. The molecule has 0 saturated carbocycles. The summed E-state index contributed by atoms with van der Waals surface area (Å²) in [5, 5.41) is 11.0. The molecule has 0 spiro atoms. The molecule has 0 aromatic heterocycles. The summed E-state index contributed by atoms with van der Waals surface area (Å²) in [5.41, 5.74) is 2.17. The molecule has 0 heterocycles. The highest BCUT2D eigenvalue weighted by Gasteiger charge is 2.22. The Morgan fingerprint density at radius 1 is 1.11 bits per heavy atom. The summed E-state index contributed by atoms with van der Waals surface area (Å²) in [5.74, 6) is 0.0911. The minimum atomic E-state index is -0.639. The van der Waals surface area contributed by atoms with Gasteiger partial charge in [0, 0.05) is 27.7 Å². The van der Waals surface area contributed by atoms with Crippen molar-refractivity contribution in [2.45, 2.75) is 26.2 Å². The zero-order valence-electron chi connectivity index (χ0n) is 16.4. The van der Waals surface area contributed by atoms with Crippen molar-refractivity contribution >= 4 is 39.7 Å². The van der Waals surface area contributed by atoms with E-state index < -0.39 is 10.9 Å². The summed E-state index contributed by atoms with van der Waals surface area (Å²) >= 11 is 3.53. The number of carbonyl (C=O) groups excluding carboxylic acids is 1. The zero-order chi connectivity index (χ0) is 21.1. The van der Waals surface area contributed by atoms with Crippen molar-refractivity contribution in [3.8, 4) is 5.75 Å². The van der Waals surface area contributed by atoms with Crippen LogP contribution in [0.15, 0.2) is 34.8 Å². The molecule has 2 rings (SSSR count). The minimum absolute atomic E-state index is 0.123. The van der Waals surface area contributed by atoms with Gasteiger partial charge in [0.15, 0.2) is 0 Å². The maximum Gasteiger partial charge on any atom is 0.338 e. The quantitative estimate of drug-likeness (QED) is 0.257. The molecule has 0 aliphatic carbocycles. The van der Waals surface area contributed by atoms with Crippen molar-refractivity contribution in [1.29, 1.82) is 0 Å². The van der Waals surface area contributed by atoms with Gasteiger partial charge in [-0.3, -0.25) is 10.1 Å². The molecular formula is C21H22BrNO5. The Morgan fingerprint density at radius 3 is 2.29 bits per heavy atom. The van der Waals surface area contributed by atoms with Gasteiger partial charge in [0.05, 0.1) is 24.7 Å². The van der Waals surface area contributed by atoms with Gasteiger partial charge in [-0.05, 0) is 29.2 Å². The highest BCUT2D eigenvalue weighted by atomic mass is 79.9. The topological polar surface area (TPSA) is 78.7 Å². The molecule has 0 fully saturated rings. The van der Waals surface area contributed by atoms with E-state index in [1.54, 1.807) is 13.2 Å². The van der Waals surface area contributed by atoms with Crippen LogP contribution >= 0.6 is 15.9 Å². The van der Waals surface area contributed by atoms with Crippen molar-refractivity contribution in [1.82, 2.24) is 0 Å². The molecule has 0 unspecified atom stereocenters. The Balaban J connectivity index is 2.59. The third kappa shape index (κ3) is 4.78. The predicted molar refractivity (Wildman–Crippen MR) is 113 cm³/mol. The van der Waals surface area contributed by atoms with Gasteiger partial charge in [0.2, 0.25) is 0 Å². The van der Waals surface area contributed by atoms with Crippen molar-refractivity contribution in [3.63, 3.8) is 0 Å². The second-order valence-corrected chi connectivity index (χ2v) is 8.10. The summed E-state index contributed by atoms with van der Waals surface area (Å²) in [7, 11) is 2.85. The number of halogens is 1. The van der Waals surface area contributed by atoms with Crippen LogP contribution in [0.1, 0.15) is 47.8 Å². The van der Waals surface area contributed by atoms with Crippen molar-refractivity contribution in [2.75, 3.05) is 14.2 Å². The maximum absolute atomic E-state index is 12.1. The summed E-state index contributed by atoms with van der Waals surface area (Å²) in [4.78, 5) is 22.5. The maximum atomic E-state index is 12.1. The summed E-state index contributed by atoms with van der Waals surface area (Å²) in [6.45, 7) is 6.28. The highest BCUT2D eigenvalue weighted by Crippen LogP contribution is 2.37. The van der Waals surface area contributed by atoms with E-state index in [1.807, 2.05) is 18.2 Å². The SMILES string of the molecule is COC(=O)c1cc([N+](=O)[O-])ccc1/C=C/c1cc(Br)cc(C(C)(C)C)c1OC. The average molecular weight is 448 g/mol. The lowest BCUT2D eigenvalue weighted by atomic mass is 9.85. The van der Waals surface area contributed by atoms with Crippen LogP contribution in [0.4, 0.5) is 5.69 Å². The number of non-ortho nitro benzene ring substituents is 1. The number of nitro groups is 1. The fraction of sp³-hybridized carbons (Fsp3) is 0.286. The van der Waals surface area contributed by atoms with Gasteiger partial charge in [0.25, 0.3) is 5.69 Å². The molecule has 0 radical (unpaired) electrons. The fourth-order valence-electron chi connectivity index (χ4n) is 2.79. The molecule has 0 bridgehead atoms. The Morgan fingerprint density at radius 2 is 1.75 bits per heavy atom. The third-order valence-electron chi connectivity index (χ3n) is 4.19.